The SMILES string of the molecule is Cc1cccc(NC(=O)/C(C#N)=C\Nc2ccc(C)c(Cl)c2)c1. The van der Waals surface area contributed by atoms with E-state index < -0.39 is 5.91 Å². The number of hydrogen-bond donors (Lipinski definition) is 2. The van der Waals surface area contributed by atoms with Crippen LogP contribution in [-0.2, 0) is 4.79 Å². The van der Waals surface area contributed by atoms with Crippen LogP contribution < -0.4 is 10.6 Å². The number of aryl methyl sites for hydroxylation is 2. The third-order valence-electron chi connectivity index (χ3n) is 3.20. The Hall–Kier alpha value is -2.77. The minimum Gasteiger partial charge on any atom is -0.360 e. The van der Waals surface area contributed by atoms with Crippen molar-refractivity contribution in [3.05, 3.63) is 70.4 Å². The van der Waals surface area contributed by atoms with Crippen molar-refractivity contribution in [3.63, 3.8) is 0 Å². The first kappa shape index (κ1) is 16.6. The van der Waals surface area contributed by atoms with Gasteiger partial charge in [-0.25, -0.2) is 0 Å². The van der Waals surface area contributed by atoms with E-state index in [9.17, 15) is 4.79 Å². The fourth-order valence-electron chi connectivity index (χ4n) is 1.91. The molecule has 0 bridgehead atoms. The summed E-state index contributed by atoms with van der Waals surface area (Å²) < 4.78 is 0. The van der Waals surface area contributed by atoms with Gasteiger partial charge in [-0.2, -0.15) is 5.26 Å². The third kappa shape index (κ3) is 4.60. The van der Waals surface area contributed by atoms with Crippen LogP contribution in [0.2, 0.25) is 5.02 Å². The number of hydrogen-bond acceptors (Lipinski definition) is 3. The Kier molecular flexibility index (Phi) is 5.40. The minimum atomic E-state index is -0.469. The Labute approximate surface area is 140 Å². The van der Waals surface area contributed by atoms with Crippen LogP contribution in [0.5, 0.6) is 0 Å². The number of carbonyl (C=O) groups excluding carboxylic acids is 1. The minimum absolute atomic E-state index is 0.0248. The molecule has 0 atom stereocenters. The van der Waals surface area contributed by atoms with Gasteiger partial charge in [0.1, 0.15) is 11.6 Å². The molecule has 0 saturated carbocycles. The van der Waals surface area contributed by atoms with Crippen LogP contribution in [0.15, 0.2) is 54.2 Å². The number of amides is 1. The second kappa shape index (κ2) is 7.48. The molecule has 0 spiro atoms. The Morgan fingerprint density at radius 1 is 1.17 bits per heavy atom. The van der Waals surface area contributed by atoms with E-state index in [0.717, 1.165) is 11.1 Å². The molecule has 2 aromatic rings. The van der Waals surface area contributed by atoms with Crippen molar-refractivity contribution in [1.29, 1.82) is 5.26 Å². The third-order valence-corrected chi connectivity index (χ3v) is 3.60. The van der Waals surface area contributed by atoms with Gasteiger partial charge in [-0.1, -0.05) is 29.8 Å². The first-order valence-electron chi connectivity index (χ1n) is 7.00. The fourth-order valence-corrected chi connectivity index (χ4v) is 2.09. The van der Waals surface area contributed by atoms with Crippen molar-refractivity contribution in [2.24, 2.45) is 0 Å². The van der Waals surface area contributed by atoms with Gasteiger partial charge in [0.05, 0.1) is 0 Å². The van der Waals surface area contributed by atoms with Crippen molar-refractivity contribution in [3.8, 4) is 6.07 Å². The molecule has 0 aliphatic carbocycles. The molecular formula is C18H16ClN3O. The van der Waals surface area contributed by atoms with Gasteiger partial charge in [0.2, 0.25) is 0 Å². The monoisotopic (exact) mass is 325 g/mol. The lowest BCUT2D eigenvalue weighted by Crippen LogP contribution is -2.14. The van der Waals surface area contributed by atoms with Crippen LogP contribution in [0.4, 0.5) is 11.4 Å². The molecule has 0 aliphatic rings. The van der Waals surface area contributed by atoms with Gasteiger partial charge in [0, 0.05) is 22.6 Å². The van der Waals surface area contributed by atoms with Gasteiger partial charge in [-0.05, 0) is 49.2 Å². The Balaban J connectivity index is 2.10. The fraction of sp³-hybridized carbons (Fsp3) is 0.111. The number of halogens is 1. The van der Waals surface area contributed by atoms with E-state index in [1.165, 1.54) is 6.20 Å². The Bertz CT molecular complexity index is 806. The zero-order chi connectivity index (χ0) is 16.8. The average Bonchev–Trinajstić information content (AvgIpc) is 2.51. The lowest BCUT2D eigenvalue weighted by atomic mass is 10.2. The zero-order valence-electron chi connectivity index (χ0n) is 12.9. The second-order valence-corrected chi connectivity index (χ2v) is 5.51. The number of nitriles is 1. The van der Waals surface area contributed by atoms with Crippen molar-refractivity contribution in [1.82, 2.24) is 0 Å². The summed E-state index contributed by atoms with van der Waals surface area (Å²) in [6.07, 6.45) is 1.37. The normalized spacial score (nSPS) is 10.8. The number of rotatable bonds is 4. The summed E-state index contributed by atoms with van der Waals surface area (Å²) in [6.45, 7) is 3.83. The highest BCUT2D eigenvalue weighted by Gasteiger charge is 2.09. The molecule has 2 aromatic carbocycles. The summed E-state index contributed by atoms with van der Waals surface area (Å²) in [7, 11) is 0. The topological polar surface area (TPSA) is 64.9 Å². The smallest absolute Gasteiger partial charge is 0.267 e. The largest absolute Gasteiger partial charge is 0.360 e. The van der Waals surface area contributed by atoms with Crippen LogP contribution in [0, 0.1) is 25.2 Å². The van der Waals surface area contributed by atoms with E-state index >= 15 is 0 Å². The summed E-state index contributed by atoms with van der Waals surface area (Å²) in [5.74, 6) is -0.469. The maximum atomic E-state index is 12.1. The molecule has 23 heavy (non-hydrogen) atoms. The maximum absolute atomic E-state index is 12.1. The van der Waals surface area contributed by atoms with Crippen molar-refractivity contribution in [2.45, 2.75) is 13.8 Å². The quantitative estimate of drug-likeness (QED) is 0.646. The number of benzene rings is 2. The first-order chi connectivity index (χ1) is 11.0. The number of carbonyl (C=O) groups is 1. The molecule has 0 unspecified atom stereocenters. The van der Waals surface area contributed by atoms with Gasteiger partial charge in [0.15, 0.2) is 0 Å². The first-order valence-corrected chi connectivity index (χ1v) is 7.38. The van der Waals surface area contributed by atoms with Gasteiger partial charge >= 0.3 is 0 Å². The van der Waals surface area contributed by atoms with Crippen LogP contribution in [0.1, 0.15) is 11.1 Å². The van der Waals surface area contributed by atoms with E-state index in [1.54, 1.807) is 12.1 Å². The van der Waals surface area contributed by atoms with E-state index in [4.69, 9.17) is 16.9 Å². The van der Waals surface area contributed by atoms with Crippen molar-refractivity contribution in [2.75, 3.05) is 10.6 Å². The van der Waals surface area contributed by atoms with Crippen LogP contribution in [0.3, 0.4) is 0 Å². The zero-order valence-corrected chi connectivity index (χ0v) is 13.6. The maximum Gasteiger partial charge on any atom is 0.267 e. The summed E-state index contributed by atoms with van der Waals surface area (Å²) in [6, 6.07) is 14.7. The average molecular weight is 326 g/mol. The van der Waals surface area contributed by atoms with Gasteiger partial charge in [-0.3, -0.25) is 4.79 Å². The molecule has 2 rings (SSSR count). The summed E-state index contributed by atoms with van der Waals surface area (Å²) in [5.41, 5.74) is 3.31. The van der Waals surface area contributed by atoms with Gasteiger partial charge in [-0.15, -0.1) is 0 Å². The molecule has 1 amide bonds. The van der Waals surface area contributed by atoms with E-state index in [-0.39, 0.29) is 5.57 Å². The van der Waals surface area contributed by atoms with Crippen molar-refractivity contribution >= 4 is 28.9 Å². The highest BCUT2D eigenvalue weighted by molar-refractivity contribution is 6.31. The summed E-state index contributed by atoms with van der Waals surface area (Å²) >= 11 is 6.04. The van der Waals surface area contributed by atoms with Crippen LogP contribution in [0.25, 0.3) is 0 Å². The molecule has 116 valence electrons. The lowest BCUT2D eigenvalue weighted by Gasteiger charge is -2.06. The number of nitrogens with one attached hydrogen (secondary N) is 2. The standard InChI is InChI=1S/C18H16ClN3O/c1-12-4-3-5-16(8-12)22-18(23)14(10-20)11-21-15-7-6-13(2)17(19)9-15/h3-9,11,21H,1-2H3,(H,22,23)/b14-11-. The number of nitrogens with zero attached hydrogens (tertiary/aromatic N) is 1. The van der Waals surface area contributed by atoms with E-state index in [1.807, 2.05) is 50.2 Å². The molecule has 5 heteroatoms. The van der Waals surface area contributed by atoms with Crippen molar-refractivity contribution < 1.29 is 4.79 Å². The molecule has 2 N–H and O–H groups in total. The second-order valence-electron chi connectivity index (χ2n) is 5.10. The van der Waals surface area contributed by atoms with Gasteiger partial charge in [0.25, 0.3) is 5.91 Å². The summed E-state index contributed by atoms with van der Waals surface area (Å²) in [5, 5.41) is 15.4. The highest BCUT2D eigenvalue weighted by atomic mass is 35.5. The van der Waals surface area contributed by atoms with E-state index in [2.05, 4.69) is 10.6 Å². The molecular weight excluding hydrogens is 310 g/mol. The molecule has 0 saturated heterocycles. The molecule has 0 aliphatic heterocycles. The molecule has 0 aromatic heterocycles. The highest BCUT2D eigenvalue weighted by Crippen LogP contribution is 2.20. The Morgan fingerprint density at radius 2 is 1.96 bits per heavy atom. The Morgan fingerprint density at radius 3 is 2.61 bits per heavy atom. The van der Waals surface area contributed by atoms with Crippen LogP contribution >= 0.6 is 11.6 Å². The number of anilines is 2. The predicted octanol–water partition coefficient (Wildman–Crippen LogP) is 4.41. The van der Waals surface area contributed by atoms with E-state index in [0.29, 0.717) is 16.4 Å². The summed E-state index contributed by atoms with van der Waals surface area (Å²) in [4.78, 5) is 12.1. The van der Waals surface area contributed by atoms with Gasteiger partial charge < -0.3 is 10.6 Å². The molecule has 0 heterocycles. The molecule has 4 nitrogen and oxygen atoms in total. The van der Waals surface area contributed by atoms with Crippen LogP contribution in [-0.4, -0.2) is 5.91 Å². The lowest BCUT2D eigenvalue weighted by molar-refractivity contribution is -0.112. The molecule has 0 fully saturated rings. The predicted molar refractivity (Wildman–Crippen MR) is 93.3 cm³/mol. The molecule has 0 radical (unpaired) electrons.